The largest absolute Gasteiger partial charge is 0.518 e. The van der Waals surface area contributed by atoms with Crippen LogP contribution in [0.2, 0.25) is 23.2 Å². The Morgan fingerprint density at radius 2 is 1.23 bits per heavy atom. The highest BCUT2D eigenvalue weighted by molar-refractivity contribution is 6.77. The minimum atomic E-state index is -2.86. The maximum Gasteiger partial charge on any atom is 0.501 e. The average molecular weight is 407 g/mol. The summed E-state index contributed by atoms with van der Waals surface area (Å²) in [6, 6.07) is 1.47. The van der Waals surface area contributed by atoms with Gasteiger partial charge in [0.1, 0.15) is 0 Å². The van der Waals surface area contributed by atoms with Crippen molar-refractivity contribution in [3.05, 3.63) is 0 Å². The number of carbonyl (C=O) groups excluding carboxylic acids is 1. The first-order valence-corrected chi connectivity index (χ1v) is 14.5. The second kappa shape index (κ2) is 12.3. The van der Waals surface area contributed by atoms with Gasteiger partial charge < -0.3 is 17.7 Å². The summed E-state index contributed by atoms with van der Waals surface area (Å²) in [5.74, 6) is -0.420. The Morgan fingerprint density at radius 1 is 0.808 bits per heavy atom. The van der Waals surface area contributed by atoms with Crippen LogP contribution in [0.3, 0.4) is 0 Å². The zero-order chi connectivity index (χ0) is 20.4. The van der Waals surface area contributed by atoms with Gasteiger partial charge in [0, 0.05) is 25.9 Å². The maximum atomic E-state index is 13.0. The molecule has 0 heterocycles. The average Bonchev–Trinajstić information content (AvgIpc) is 2.54. The first kappa shape index (κ1) is 25.8. The highest BCUT2D eigenvalue weighted by atomic mass is 28.4. The van der Waals surface area contributed by atoms with Crippen LogP contribution >= 0.6 is 0 Å². The quantitative estimate of drug-likeness (QED) is 0.362. The van der Waals surface area contributed by atoms with E-state index in [2.05, 4.69) is 34.6 Å². The van der Waals surface area contributed by atoms with Gasteiger partial charge in [-0.2, -0.15) is 0 Å². The molecule has 0 spiro atoms. The molecule has 0 aromatic carbocycles. The van der Waals surface area contributed by atoms with E-state index in [4.69, 9.17) is 17.7 Å². The van der Waals surface area contributed by atoms with Crippen LogP contribution in [0.15, 0.2) is 0 Å². The normalized spacial score (nSPS) is 14.1. The van der Waals surface area contributed by atoms with E-state index in [-0.39, 0.29) is 11.9 Å². The molecule has 0 radical (unpaired) electrons. The molecular formula is C19H42O5Si2. The van der Waals surface area contributed by atoms with Crippen LogP contribution in [0, 0.1) is 5.92 Å². The smallest absolute Gasteiger partial charge is 0.501 e. The highest BCUT2D eigenvalue weighted by Crippen LogP contribution is 2.39. The molecule has 0 bridgehead atoms. The highest BCUT2D eigenvalue weighted by Gasteiger charge is 2.48. The van der Waals surface area contributed by atoms with Crippen molar-refractivity contribution in [3.63, 3.8) is 0 Å². The molecule has 1 atom stereocenters. The van der Waals surface area contributed by atoms with Gasteiger partial charge in [0.25, 0.3) is 14.3 Å². The minimum absolute atomic E-state index is 0.122. The van der Waals surface area contributed by atoms with Gasteiger partial charge in [0.05, 0.1) is 5.92 Å². The molecule has 5 nitrogen and oxygen atoms in total. The van der Waals surface area contributed by atoms with Gasteiger partial charge in [-0.25, -0.2) is 0 Å². The lowest BCUT2D eigenvalue weighted by molar-refractivity contribution is -0.139. The predicted octanol–water partition coefficient (Wildman–Crippen LogP) is 5.39. The summed E-state index contributed by atoms with van der Waals surface area (Å²) in [6.45, 7) is 20.2. The lowest BCUT2D eigenvalue weighted by Gasteiger charge is -2.39. The van der Waals surface area contributed by atoms with Gasteiger partial charge in [-0.15, -0.1) is 0 Å². The van der Waals surface area contributed by atoms with Gasteiger partial charge >= 0.3 is 8.80 Å². The number of hydrogen-bond donors (Lipinski definition) is 0. The summed E-state index contributed by atoms with van der Waals surface area (Å²) < 4.78 is 24.0. The molecule has 7 heteroatoms. The molecule has 0 aromatic rings. The van der Waals surface area contributed by atoms with Crippen LogP contribution in [0.1, 0.15) is 68.7 Å². The molecular weight excluding hydrogens is 364 g/mol. The fourth-order valence-corrected chi connectivity index (χ4v) is 10.9. The standard InChI is InChI=1S/C19H42O5Si2/c1-10-14-25(16(5)6,17(7)8)24-19(20)18(9)15-26(21-11-2,22-12-3)23-13-4/h16-18H,10-15H2,1-9H3. The Kier molecular flexibility index (Phi) is 12.2. The molecule has 0 amide bonds. The molecule has 0 aliphatic carbocycles. The lowest BCUT2D eigenvalue weighted by atomic mass is 10.2. The van der Waals surface area contributed by atoms with Crippen molar-refractivity contribution >= 4 is 23.1 Å². The summed E-state index contributed by atoms with van der Waals surface area (Å²) in [4.78, 5) is 13.0. The fraction of sp³-hybridized carbons (Fsp3) is 0.947. The molecule has 0 fully saturated rings. The van der Waals surface area contributed by atoms with E-state index in [1.165, 1.54) is 0 Å². The van der Waals surface area contributed by atoms with E-state index >= 15 is 0 Å². The van der Waals surface area contributed by atoms with Crippen molar-refractivity contribution in [2.75, 3.05) is 19.8 Å². The number of hydrogen-bond acceptors (Lipinski definition) is 5. The van der Waals surface area contributed by atoms with Crippen molar-refractivity contribution in [2.24, 2.45) is 5.92 Å². The molecule has 0 aliphatic rings. The minimum Gasteiger partial charge on any atom is -0.518 e. The Bertz CT molecular complexity index is 376. The molecule has 0 saturated heterocycles. The summed E-state index contributed by atoms with van der Waals surface area (Å²) in [6.07, 6.45) is 1.04. The van der Waals surface area contributed by atoms with Crippen molar-refractivity contribution in [2.45, 2.75) is 91.9 Å². The van der Waals surface area contributed by atoms with Gasteiger partial charge in [-0.3, -0.25) is 4.79 Å². The molecule has 1 unspecified atom stereocenters. The van der Waals surface area contributed by atoms with Gasteiger partial charge in [-0.1, -0.05) is 48.0 Å². The Hall–Kier alpha value is -0.216. The molecule has 0 N–H and O–H groups in total. The van der Waals surface area contributed by atoms with Crippen LogP contribution < -0.4 is 0 Å². The second-order valence-corrected chi connectivity index (χ2v) is 15.1. The lowest BCUT2D eigenvalue weighted by Crippen LogP contribution is -2.50. The third-order valence-electron chi connectivity index (χ3n) is 4.94. The predicted molar refractivity (Wildman–Crippen MR) is 112 cm³/mol. The van der Waals surface area contributed by atoms with Crippen LogP contribution in [0.25, 0.3) is 0 Å². The van der Waals surface area contributed by atoms with Crippen molar-refractivity contribution < 1.29 is 22.5 Å². The monoisotopic (exact) mass is 406 g/mol. The van der Waals surface area contributed by atoms with E-state index < -0.39 is 17.1 Å². The molecule has 156 valence electrons. The van der Waals surface area contributed by atoms with E-state index in [9.17, 15) is 4.79 Å². The van der Waals surface area contributed by atoms with Crippen LogP contribution in [-0.4, -0.2) is 42.9 Å². The number of carbonyl (C=O) groups is 1. The molecule has 0 aromatic heterocycles. The Balaban J connectivity index is 5.37. The summed E-state index contributed by atoms with van der Waals surface area (Å²) >= 11 is 0. The van der Waals surface area contributed by atoms with Crippen molar-refractivity contribution in [3.8, 4) is 0 Å². The topological polar surface area (TPSA) is 54.0 Å². The van der Waals surface area contributed by atoms with E-state index in [1.807, 2.05) is 27.7 Å². The summed E-state index contributed by atoms with van der Waals surface area (Å²) in [5.41, 5.74) is 0.789. The van der Waals surface area contributed by atoms with Crippen molar-refractivity contribution in [1.29, 1.82) is 0 Å². The zero-order valence-electron chi connectivity index (χ0n) is 18.5. The molecule has 0 saturated carbocycles. The van der Waals surface area contributed by atoms with Crippen LogP contribution in [0.5, 0.6) is 0 Å². The van der Waals surface area contributed by atoms with Crippen molar-refractivity contribution in [1.82, 2.24) is 0 Å². The van der Waals surface area contributed by atoms with Gasteiger partial charge in [0.2, 0.25) is 0 Å². The SMILES string of the molecule is CCC[Si](OC(=O)C(C)C[Si](OCC)(OCC)OCC)(C(C)C)C(C)C. The third-order valence-corrected chi connectivity index (χ3v) is 14.0. The Morgan fingerprint density at radius 3 is 1.54 bits per heavy atom. The maximum absolute atomic E-state index is 13.0. The van der Waals surface area contributed by atoms with Gasteiger partial charge in [-0.05, 0) is 37.9 Å². The first-order valence-electron chi connectivity index (χ1n) is 10.3. The second-order valence-electron chi connectivity index (χ2n) is 7.52. The third kappa shape index (κ3) is 7.07. The Labute approximate surface area is 163 Å². The van der Waals surface area contributed by atoms with E-state index in [0.717, 1.165) is 12.5 Å². The van der Waals surface area contributed by atoms with Crippen LogP contribution in [-0.2, 0) is 22.5 Å². The number of rotatable bonds is 14. The van der Waals surface area contributed by atoms with Crippen LogP contribution in [0.4, 0.5) is 0 Å². The van der Waals surface area contributed by atoms with E-state index in [0.29, 0.717) is 36.9 Å². The summed E-state index contributed by atoms with van der Waals surface area (Å²) in [5, 5.41) is 0. The summed E-state index contributed by atoms with van der Waals surface area (Å²) in [7, 11) is -5.02. The van der Waals surface area contributed by atoms with E-state index in [1.54, 1.807) is 0 Å². The fourth-order valence-electron chi connectivity index (χ4n) is 3.63. The molecule has 0 aliphatic heterocycles. The molecule has 0 rings (SSSR count). The van der Waals surface area contributed by atoms with Gasteiger partial charge in [0.15, 0.2) is 0 Å². The molecule has 26 heavy (non-hydrogen) atoms. The first-order chi connectivity index (χ1) is 12.1. The zero-order valence-corrected chi connectivity index (χ0v) is 20.5.